The molecule has 2 amide bonds. The number of rotatable bonds is 3. The lowest BCUT2D eigenvalue weighted by Crippen LogP contribution is -2.44. The molecule has 5 nitrogen and oxygen atoms in total. The third-order valence-corrected chi connectivity index (χ3v) is 7.24. The summed E-state index contributed by atoms with van der Waals surface area (Å²) in [5.74, 6) is -3.40. The smallest absolute Gasteiger partial charge is 0.240 e. The molecule has 3 aliphatic rings. The second-order valence-electron chi connectivity index (χ2n) is 8.67. The highest BCUT2D eigenvalue weighted by atomic mass is 35.5. The van der Waals surface area contributed by atoms with Crippen molar-refractivity contribution in [2.45, 2.75) is 12.1 Å². The summed E-state index contributed by atoms with van der Waals surface area (Å²) in [7, 11) is 0. The maximum Gasteiger partial charge on any atom is 0.240 e. The second-order valence-corrected chi connectivity index (χ2v) is 9.08. The van der Waals surface area contributed by atoms with Crippen LogP contribution in [0.4, 0.5) is 10.1 Å². The molecule has 0 aromatic heterocycles. The molecular formula is C27H18ClFN2O3. The van der Waals surface area contributed by atoms with E-state index in [1.807, 2.05) is 47.5 Å². The largest absolute Gasteiger partial charge is 0.358 e. The number of carbonyl (C=O) groups is 3. The van der Waals surface area contributed by atoms with Crippen molar-refractivity contribution in [2.75, 3.05) is 4.90 Å². The lowest BCUT2D eigenvalue weighted by Gasteiger charge is -2.35. The van der Waals surface area contributed by atoms with Crippen molar-refractivity contribution in [3.63, 3.8) is 0 Å². The molecule has 2 saturated heterocycles. The first kappa shape index (κ1) is 20.8. The molecule has 0 unspecified atom stereocenters. The number of amides is 2. The van der Waals surface area contributed by atoms with Gasteiger partial charge in [-0.25, -0.2) is 9.29 Å². The summed E-state index contributed by atoms with van der Waals surface area (Å²) in [4.78, 5) is 44.2. The zero-order chi connectivity index (χ0) is 23.6. The van der Waals surface area contributed by atoms with Gasteiger partial charge in [0.05, 0.1) is 28.6 Å². The van der Waals surface area contributed by atoms with Gasteiger partial charge in [0, 0.05) is 11.8 Å². The summed E-state index contributed by atoms with van der Waals surface area (Å²) < 4.78 is 13.8. The topological polar surface area (TPSA) is 57.7 Å². The molecule has 4 atom stereocenters. The lowest BCUT2D eigenvalue weighted by atomic mass is 9.83. The average Bonchev–Trinajstić information content (AvgIpc) is 3.33. The van der Waals surface area contributed by atoms with Gasteiger partial charge in [0.2, 0.25) is 11.8 Å². The fraction of sp³-hybridized carbons (Fsp3) is 0.148. The summed E-state index contributed by atoms with van der Waals surface area (Å²) in [5.41, 5.74) is 2.51. The highest BCUT2D eigenvalue weighted by Crippen LogP contribution is 2.53. The Hall–Kier alpha value is -3.77. The van der Waals surface area contributed by atoms with Crippen molar-refractivity contribution in [1.82, 2.24) is 4.90 Å². The van der Waals surface area contributed by atoms with Crippen LogP contribution >= 0.6 is 11.6 Å². The van der Waals surface area contributed by atoms with Crippen molar-refractivity contribution in [1.29, 1.82) is 0 Å². The first-order valence-electron chi connectivity index (χ1n) is 10.9. The number of ketones is 1. The molecule has 34 heavy (non-hydrogen) atoms. The van der Waals surface area contributed by atoms with Crippen molar-refractivity contribution in [3.05, 3.63) is 107 Å². The second kappa shape index (κ2) is 7.64. The Morgan fingerprint density at radius 2 is 1.59 bits per heavy atom. The third-order valence-electron chi connectivity index (χ3n) is 6.95. The van der Waals surface area contributed by atoms with E-state index in [2.05, 4.69) is 0 Å². The summed E-state index contributed by atoms with van der Waals surface area (Å²) >= 11 is 5.95. The van der Waals surface area contributed by atoms with Crippen LogP contribution in [0.5, 0.6) is 0 Å². The number of nitrogens with zero attached hydrogens (tertiary/aromatic N) is 2. The standard InChI is InChI=1S/C27H18ClFN2O3/c28-19-14-17(10-11-20(19)29)31-26(33)21-22(27(31)34)24(25(32)16-7-2-1-3-8-16)30-13-12-15-6-4-5-9-18(15)23(21)30/h1-14,21-24H/t21-,22+,23+,24-/m1/s1. The highest BCUT2D eigenvalue weighted by Gasteiger charge is 2.64. The Morgan fingerprint density at radius 1 is 0.882 bits per heavy atom. The quantitative estimate of drug-likeness (QED) is 0.403. The number of imide groups is 1. The number of carbonyl (C=O) groups excluding carboxylic acids is 3. The Bertz CT molecular complexity index is 1390. The predicted molar refractivity (Wildman–Crippen MR) is 125 cm³/mol. The molecule has 2 fully saturated rings. The van der Waals surface area contributed by atoms with Gasteiger partial charge in [-0.15, -0.1) is 0 Å². The van der Waals surface area contributed by atoms with E-state index < -0.39 is 41.6 Å². The molecular weight excluding hydrogens is 455 g/mol. The Balaban J connectivity index is 1.50. The number of benzene rings is 3. The monoisotopic (exact) mass is 472 g/mol. The fourth-order valence-corrected chi connectivity index (χ4v) is 5.68. The van der Waals surface area contributed by atoms with Crippen LogP contribution in [0.2, 0.25) is 5.02 Å². The zero-order valence-electron chi connectivity index (χ0n) is 17.8. The van der Waals surface area contributed by atoms with Crippen LogP contribution in [-0.4, -0.2) is 28.5 Å². The summed E-state index contributed by atoms with van der Waals surface area (Å²) in [5, 5.41) is -0.181. The normalized spacial score (nSPS) is 24.8. The molecule has 0 spiro atoms. The molecule has 0 aliphatic carbocycles. The number of hydrogen-bond acceptors (Lipinski definition) is 4. The molecule has 0 radical (unpaired) electrons. The summed E-state index contributed by atoms with van der Waals surface area (Å²) in [6.45, 7) is 0. The van der Waals surface area contributed by atoms with Crippen LogP contribution < -0.4 is 4.90 Å². The fourth-order valence-electron chi connectivity index (χ4n) is 5.51. The van der Waals surface area contributed by atoms with Crippen LogP contribution in [0.15, 0.2) is 79.0 Å². The minimum absolute atomic E-state index is 0.181. The van der Waals surface area contributed by atoms with Gasteiger partial charge < -0.3 is 4.90 Å². The number of halogens is 2. The van der Waals surface area contributed by atoms with E-state index in [-0.39, 0.29) is 16.5 Å². The molecule has 3 aromatic carbocycles. The molecule has 3 aliphatic heterocycles. The van der Waals surface area contributed by atoms with Crippen molar-refractivity contribution in [2.24, 2.45) is 11.8 Å². The number of Topliss-reactive ketones (excluding diaryl/α,β-unsaturated/α-hetero) is 1. The van der Waals surface area contributed by atoms with Gasteiger partial charge in [-0.05, 0) is 35.4 Å². The lowest BCUT2D eigenvalue weighted by molar-refractivity contribution is -0.123. The van der Waals surface area contributed by atoms with Crippen LogP contribution in [-0.2, 0) is 9.59 Å². The summed E-state index contributed by atoms with van der Waals surface area (Å²) in [6, 6.07) is 18.9. The van der Waals surface area contributed by atoms with E-state index in [0.29, 0.717) is 5.56 Å². The number of fused-ring (bicyclic) bond motifs is 5. The third kappa shape index (κ3) is 2.88. The first-order chi connectivity index (χ1) is 16.5. The molecule has 3 heterocycles. The number of anilines is 1. The molecule has 0 N–H and O–H groups in total. The number of hydrogen-bond donors (Lipinski definition) is 0. The van der Waals surface area contributed by atoms with E-state index in [1.54, 1.807) is 24.3 Å². The molecule has 168 valence electrons. The van der Waals surface area contributed by atoms with Gasteiger partial charge in [-0.3, -0.25) is 14.4 Å². The predicted octanol–water partition coefficient (Wildman–Crippen LogP) is 4.88. The van der Waals surface area contributed by atoms with Gasteiger partial charge in [0.1, 0.15) is 11.9 Å². The molecule has 3 aromatic rings. The first-order valence-corrected chi connectivity index (χ1v) is 11.3. The summed E-state index contributed by atoms with van der Waals surface area (Å²) in [6.07, 6.45) is 3.72. The van der Waals surface area contributed by atoms with Crippen molar-refractivity contribution >= 4 is 41.0 Å². The van der Waals surface area contributed by atoms with Crippen molar-refractivity contribution in [3.8, 4) is 0 Å². The van der Waals surface area contributed by atoms with Gasteiger partial charge >= 0.3 is 0 Å². The van der Waals surface area contributed by atoms with Crippen LogP contribution in [0.1, 0.15) is 27.5 Å². The Kier molecular flexibility index (Phi) is 4.67. The van der Waals surface area contributed by atoms with Crippen LogP contribution in [0, 0.1) is 17.7 Å². The average molecular weight is 473 g/mol. The molecule has 0 bridgehead atoms. The molecule has 6 rings (SSSR count). The van der Waals surface area contributed by atoms with Gasteiger partial charge in [0.15, 0.2) is 5.78 Å². The molecule has 7 heteroatoms. The van der Waals surface area contributed by atoms with Gasteiger partial charge in [0.25, 0.3) is 0 Å². The highest BCUT2D eigenvalue weighted by molar-refractivity contribution is 6.31. The Morgan fingerprint density at radius 3 is 2.35 bits per heavy atom. The van der Waals surface area contributed by atoms with E-state index in [1.165, 1.54) is 12.1 Å². The van der Waals surface area contributed by atoms with Crippen molar-refractivity contribution < 1.29 is 18.8 Å². The van der Waals surface area contributed by atoms with E-state index in [0.717, 1.165) is 22.1 Å². The minimum Gasteiger partial charge on any atom is -0.358 e. The minimum atomic E-state index is -0.884. The maximum absolute atomic E-state index is 13.8. The SMILES string of the molecule is O=C(c1ccccc1)[C@H]1[C@H]2C(=O)N(c3ccc(F)c(Cl)c3)C(=O)[C@H]2[C@@H]2c3ccccc3C=CN12. The van der Waals surface area contributed by atoms with Gasteiger partial charge in [-0.1, -0.05) is 66.2 Å². The Labute approximate surface area is 200 Å². The van der Waals surface area contributed by atoms with Gasteiger partial charge in [-0.2, -0.15) is 0 Å². The maximum atomic E-state index is 13.8. The zero-order valence-corrected chi connectivity index (χ0v) is 18.5. The van der Waals surface area contributed by atoms with E-state index in [4.69, 9.17) is 11.6 Å². The van der Waals surface area contributed by atoms with Crippen LogP contribution in [0.25, 0.3) is 6.08 Å². The van der Waals surface area contributed by atoms with E-state index >= 15 is 0 Å². The van der Waals surface area contributed by atoms with E-state index in [9.17, 15) is 18.8 Å². The van der Waals surface area contributed by atoms with Crippen LogP contribution in [0.3, 0.4) is 0 Å². The molecule has 0 saturated carbocycles.